The Labute approximate surface area is 173 Å². The van der Waals surface area contributed by atoms with Crippen LogP contribution in [0, 0.1) is 6.92 Å². The number of aromatic nitrogens is 1. The summed E-state index contributed by atoms with van der Waals surface area (Å²) < 4.78 is 5.76. The van der Waals surface area contributed by atoms with E-state index in [4.69, 9.17) is 16.0 Å². The van der Waals surface area contributed by atoms with Gasteiger partial charge in [-0.25, -0.2) is 9.78 Å². The van der Waals surface area contributed by atoms with Crippen LogP contribution in [0.3, 0.4) is 0 Å². The van der Waals surface area contributed by atoms with E-state index in [1.54, 1.807) is 31.2 Å². The molecule has 7 heteroatoms. The van der Waals surface area contributed by atoms with Gasteiger partial charge in [0.2, 0.25) is 5.89 Å². The summed E-state index contributed by atoms with van der Waals surface area (Å²) in [5.41, 5.74) is 0.979. The van der Waals surface area contributed by atoms with E-state index in [0.717, 1.165) is 5.56 Å². The number of benzene rings is 2. The van der Waals surface area contributed by atoms with Crippen molar-refractivity contribution in [2.45, 2.75) is 32.4 Å². The van der Waals surface area contributed by atoms with Crippen LogP contribution in [0.15, 0.2) is 59.0 Å². The number of amides is 3. The molecular formula is C22H20ClN3O3. The maximum atomic E-state index is 13.3. The summed E-state index contributed by atoms with van der Waals surface area (Å²) in [5.74, 6) is 0.727. The molecule has 1 aliphatic heterocycles. The fraction of sp³-hybridized carbons (Fsp3) is 0.227. The first-order valence-electron chi connectivity index (χ1n) is 9.36. The maximum absolute atomic E-state index is 13.3. The summed E-state index contributed by atoms with van der Waals surface area (Å²) in [6, 6.07) is 16.0. The average Bonchev–Trinajstić information content (AvgIpc) is 3.22. The molecule has 0 aliphatic carbocycles. The van der Waals surface area contributed by atoms with E-state index < -0.39 is 11.6 Å². The van der Waals surface area contributed by atoms with Crippen LogP contribution in [0.2, 0.25) is 5.02 Å². The van der Waals surface area contributed by atoms with Crippen molar-refractivity contribution in [2.75, 3.05) is 0 Å². The Bertz CT molecular complexity index is 1060. The van der Waals surface area contributed by atoms with Crippen LogP contribution in [0.25, 0.3) is 11.5 Å². The standard InChI is InChI=1S/C22H20ClN3O3/c1-3-22(16-9-11-17(23)12-10-16)20(27)26(21(28)25-22)13-18-14(2)29-19(24-18)15-7-5-4-6-8-15/h4-12H,3,13H2,1-2H3,(H,25,28). The van der Waals surface area contributed by atoms with Crippen molar-refractivity contribution in [3.8, 4) is 11.5 Å². The van der Waals surface area contributed by atoms with Crippen molar-refractivity contribution in [2.24, 2.45) is 0 Å². The monoisotopic (exact) mass is 409 g/mol. The molecule has 0 radical (unpaired) electrons. The number of urea groups is 1. The highest BCUT2D eigenvalue weighted by Crippen LogP contribution is 2.34. The van der Waals surface area contributed by atoms with Gasteiger partial charge in [-0.3, -0.25) is 9.69 Å². The average molecular weight is 410 g/mol. The molecule has 4 rings (SSSR count). The van der Waals surface area contributed by atoms with Gasteiger partial charge in [-0.1, -0.05) is 48.9 Å². The largest absolute Gasteiger partial charge is 0.441 e. The number of nitrogens with one attached hydrogen (secondary N) is 1. The number of oxazole rings is 1. The molecule has 0 bridgehead atoms. The molecule has 1 aliphatic rings. The molecule has 1 saturated heterocycles. The number of nitrogens with zero attached hydrogens (tertiary/aromatic N) is 2. The SMILES string of the molecule is CCC1(c2ccc(Cl)cc2)NC(=O)N(Cc2nc(-c3ccccc3)oc2C)C1=O. The fourth-order valence-electron chi connectivity index (χ4n) is 3.57. The van der Waals surface area contributed by atoms with Crippen molar-refractivity contribution in [1.29, 1.82) is 0 Å². The number of halogens is 1. The predicted octanol–water partition coefficient (Wildman–Crippen LogP) is 4.66. The van der Waals surface area contributed by atoms with Gasteiger partial charge in [-0.15, -0.1) is 0 Å². The Morgan fingerprint density at radius 3 is 2.45 bits per heavy atom. The van der Waals surface area contributed by atoms with E-state index in [9.17, 15) is 9.59 Å². The number of carbonyl (C=O) groups is 2. The lowest BCUT2D eigenvalue weighted by molar-refractivity contribution is -0.132. The summed E-state index contributed by atoms with van der Waals surface area (Å²) in [7, 11) is 0. The van der Waals surface area contributed by atoms with Crippen LogP contribution in [0.4, 0.5) is 4.79 Å². The van der Waals surface area contributed by atoms with Gasteiger partial charge in [-0.05, 0) is 43.2 Å². The number of carbonyl (C=O) groups excluding carboxylic acids is 2. The van der Waals surface area contributed by atoms with E-state index in [0.29, 0.717) is 34.4 Å². The quantitative estimate of drug-likeness (QED) is 0.622. The molecule has 1 aromatic heterocycles. The van der Waals surface area contributed by atoms with E-state index in [-0.39, 0.29) is 12.5 Å². The molecule has 148 valence electrons. The molecule has 29 heavy (non-hydrogen) atoms. The number of imide groups is 1. The van der Waals surface area contributed by atoms with Gasteiger partial charge in [0, 0.05) is 10.6 Å². The van der Waals surface area contributed by atoms with Crippen molar-refractivity contribution in [3.63, 3.8) is 0 Å². The molecule has 2 aromatic carbocycles. The molecule has 1 fully saturated rings. The zero-order chi connectivity index (χ0) is 20.6. The van der Waals surface area contributed by atoms with Gasteiger partial charge in [-0.2, -0.15) is 0 Å². The smallest absolute Gasteiger partial charge is 0.325 e. The molecule has 2 heterocycles. The number of hydrogen-bond acceptors (Lipinski definition) is 4. The lowest BCUT2D eigenvalue weighted by Gasteiger charge is -2.25. The molecule has 1 unspecified atom stereocenters. The van der Waals surface area contributed by atoms with E-state index in [1.807, 2.05) is 37.3 Å². The summed E-state index contributed by atoms with van der Waals surface area (Å²) in [6.45, 7) is 3.69. The molecule has 0 saturated carbocycles. The zero-order valence-corrected chi connectivity index (χ0v) is 16.9. The van der Waals surface area contributed by atoms with Crippen molar-refractivity contribution in [1.82, 2.24) is 15.2 Å². The van der Waals surface area contributed by atoms with Gasteiger partial charge in [0.1, 0.15) is 17.0 Å². The Hall–Kier alpha value is -3.12. The molecule has 6 nitrogen and oxygen atoms in total. The number of rotatable bonds is 5. The fourth-order valence-corrected chi connectivity index (χ4v) is 3.70. The maximum Gasteiger partial charge on any atom is 0.325 e. The summed E-state index contributed by atoms with van der Waals surface area (Å²) in [4.78, 5) is 31.7. The van der Waals surface area contributed by atoms with Crippen molar-refractivity contribution >= 4 is 23.5 Å². The van der Waals surface area contributed by atoms with Gasteiger partial charge in [0.15, 0.2) is 0 Å². The van der Waals surface area contributed by atoms with E-state index in [1.165, 1.54) is 4.90 Å². The molecule has 0 spiro atoms. The van der Waals surface area contributed by atoms with Gasteiger partial charge < -0.3 is 9.73 Å². The lowest BCUT2D eigenvalue weighted by atomic mass is 9.87. The third-order valence-corrected chi connectivity index (χ3v) is 5.52. The van der Waals surface area contributed by atoms with Crippen molar-refractivity contribution < 1.29 is 14.0 Å². The first-order valence-corrected chi connectivity index (χ1v) is 9.74. The first-order chi connectivity index (χ1) is 13.9. The van der Waals surface area contributed by atoms with E-state index >= 15 is 0 Å². The Balaban J connectivity index is 1.63. The molecule has 3 aromatic rings. The second kappa shape index (κ2) is 7.37. The normalized spacial score (nSPS) is 18.9. The minimum Gasteiger partial charge on any atom is -0.441 e. The highest BCUT2D eigenvalue weighted by Gasteiger charge is 2.51. The van der Waals surface area contributed by atoms with Crippen molar-refractivity contribution in [3.05, 3.63) is 76.6 Å². The van der Waals surface area contributed by atoms with Crippen LogP contribution in [0.1, 0.15) is 30.4 Å². The molecule has 1 N–H and O–H groups in total. The van der Waals surface area contributed by atoms with Gasteiger partial charge >= 0.3 is 6.03 Å². The van der Waals surface area contributed by atoms with Crippen LogP contribution in [-0.4, -0.2) is 21.8 Å². The summed E-state index contributed by atoms with van der Waals surface area (Å²) in [6.07, 6.45) is 0.419. The third kappa shape index (κ3) is 3.29. The second-order valence-electron chi connectivity index (χ2n) is 6.98. The Morgan fingerprint density at radius 1 is 1.10 bits per heavy atom. The highest BCUT2D eigenvalue weighted by atomic mass is 35.5. The van der Waals surface area contributed by atoms with Crippen LogP contribution < -0.4 is 5.32 Å². The first kappa shape index (κ1) is 19.2. The molecule has 1 atom stereocenters. The molecular weight excluding hydrogens is 390 g/mol. The minimum atomic E-state index is -1.11. The predicted molar refractivity (Wildman–Crippen MR) is 109 cm³/mol. The number of aryl methyl sites for hydroxylation is 1. The van der Waals surface area contributed by atoms with Gasteiger partial charge in [0.05, 0.1) is 6.54 Å². The van der Waals surface area contributed by atoms with Crippen LogP contribution >= 0.6 is 11.6 Å². The van der Waals surface area contributed by atoms with Gasteiger partial charge in [0.25, 0.3) is 5.91 Å². The van der Waals surface area contributed by atoms with E-state index in [2.05, 4.69) is 10.3 Å². The third-order valence-electron chi connectivity index (χ3n) is 5.26. The lowest BCUT2D eigenvalue weighted by Crippen LogP contribution is -2.43. The summed E-state index contributed by atoms with van der Waals surface area (Å²) >= 11 is 5.98. The highest BCUT2D eigenvalue weighted by molar-refractivity contribution is 6.30. The van der Waals surface area contributed by atoms with Crippen LogP contribution in [-0.2, 0) is 16.9 Å². The topological polar surface area (TPSA) is 75.4 Å². The second-order valence-corrected chi connectivity index (χ2v) is 7.41. The summed E-state index contributed by atoms with van der Waals surface area (Å²) in [5, 5.41) is 3.44. The van der Waals surface area contributed by atoms with Crippen LogP contribution in [0.5, 0.6) is 0 Å². The Kier molecular flexibility index (Phi) is 4.88. The zero-order valence-electron chi connectivity index (χ0n) is 16.1. The Morgan fingerprint density at radius 2 is 1.79 bits per heavy atom. The molecule has 3 amide bonds. The number of hydrogen-bond donors (Lipinski definition) is 1. The minimum absolute atomic E-state index is 0.0438.